The van der Waals surface area contributed by atoms with E-state index in [-0.39, 0.29) is 17.5 Å². The Labute approximate surface area is 158 Å². The van der Waals surface area contributed by atoms with Crippen molar-refractivity contribution in [3.63, 3.8) is 0 Å². The molecule has 1 unspecified atom stereocenters. The molecule has 0 aliphatic carbocycles. The molecule has 1 heterocycles. The third-order valence-electron chi connectivity index (χ3n) is 4.15. The fourth-order valence-electron chi connectivity index (χ4n) is 2.84. The first kappa shape index (κ1) is 18.2. The van der Waals surface area contributed by atoms with Crippen LogP contribution in [-0.2, 0) is 4.74 Å². The predicted octanol–water partition coefficient (Wildman–Crippen LogP) is 4.52. The van der Waals surface area contributed by atoms with Gasteiger partial charge in [-0.05, 0) is 37.3 Å². The van der Waals surface area contributed by atoms with E-state index in [4.69, 9.17) is 4.74 Å². The number of fused-ring (bicyclic) bond motifs is 1. The average Bonchev–Trinajstić information content (AvgIpc) is 3.02. The summed E-state index contributed by atoms with van der Waals surface area (Å²) in [5, 5.41) is 13.0. The number of benzene rings is 2. The number of carboxylic acid groups (broad SMARTS) is 1. The van der Waals surface area contributed by atoms with Crippen LogP contribution in [-0.4, -0.2) is 28.7 Å². The van der Waals surface area contributed by atoms with Crippen molar-refractivity contribution >= 4 is 44.4 Å². The minimum absolute atomic E-state index is 0.00942. The first-order chi connectivity index (χ1) is 12.4. The van der Waals surface area contributed by atoms with E-state index < -0.39 is 11.9 Å². The van der Waals surface area contributed by atoms with Gasteiger partial charge >= 0.3 is 5.97 Å². The van der Waals surface area contributed by atoms with E-state index in [2.05, 4.69) is 21.2 Å². The van der Waals surface area contributed by atoms with Crippen molar-refractivity contribution in [1.82, 2.24) is 4.57 Å². The zero-order valence-electron chi connectivity index (χ0n) is 14.2. The maximum Gasteiger partial charge on any atom is 0.337 e. The van der Waals surface area contributed by atoms with E-state index in [1.807, 2.05) is 31.2 Å². The van der Waals surface area contributed by atoms with E-state index in [9.17, 15) is 14.7 Å². The number of ether oxygens (including phenoxy) is 1. The van der Waals surface area contributed by atoms with Crippen LogP contribution in [0.1, 0.15) is 34.0 Å². The Morgan fingerprint density at radius 3 is 2.62 bits per heavy atom. The number of nitrogens with one attached hydrogen (secondary N) is 1. The summed E-state index contributed by atoms with van der Waals surface area (Å²) >= 11 is 3.24. The number of aromatic nitrogens is 1. The molecule has 0 aliphatic heterocycles. The monoisotopic (exact) mass is 416 g/mol. The molecule has 0 saturated carbocycles. The lowest BCUT2D eigenvalue weighted by atomic mass is 10.1. The lowest BCUT2D eigenvalue weighted by molar-refractivity contribution is 0.0606. The maximum absolute atomic E-state index is 12.9. The molecule has 0 fully saturated rings. The van der Waals surface area contributed by atoms with Gasteiger partial charge in [-0.1, -0.05) is 34.1 Å². The standard InChI is InChI=1S/C19H17BrN2O4/c1-11(26-2)22-16-6-4-3-5-12(16)9-17(22)18(23)21-15-8-7-13(20)10-14(15)19(24)25/h3-11H,1-2H3,(H,21,23)(H,24,25). The molecule has 3 aromatic rings. The number of nitrogens with zero attached hydrogens (tertiary/aromatic N) is 1. The Bertz CT molecular complexity index is 996. The van der Waals surface area contributed by atoms with Crippen LogP contribution in [0, 0.1) is 0 Å². The number of halogens is 1. The largest absolute Gasteiger partial charge is 0.478 e. The number of para-hydroxylation sites is 1. The van der Waals surface area contributed by atoms with Gasteiger partial charge in [-0.2, -0.15) is 0 Å². The molecule has 7 heteroatoms. The molecule has 134 valence electrons. The van der Waals surface area contributed by atoms with Gasteiger partial charge in [-0.15, -0.1) is 0 Å². The molecular weight excluding hydrogens is 400 g/mol. The second kappa shape index (κ2) is 7.31. The molecule has 1 amide bonds. The Morgan fingerprint density at radius 1 is 1.19 bits per heavy atom. The molecule has 0 aliphatic rings. The second-order valence-electron chi connectivity index (χ2n) is 5.74. The molecule has 0 spiro atoms. The van der Waals surface area contributed by atoms with Gasteiger partial charge in [0.25, 0.3) is 5.91 Å². The summed E-state index contributed by atoms with van der Waals surface area (Å²) in [6.07, 6.45) is -0.362. The molecule has 2 N–H and O–H groups in total. The molecule has 1 atom stereocenters. The first-order valence-electron chi connectivity index (χ1n) is 7.89. The van der Waals surface area contributed by atoms with Gasteiger partial charge in [-0.3, -0.25) is 4.79 Å². The summed E-state index contributed by atoms with van der Waals surface area (Å²) in [5.74, 6) is -1.53. The fourth-order valence-corrected chi connectivity index (χ4v) is 3.20. The Balaban J connectivity index is 2.05. The third-order valence-corrected chi connectivity index (χ3v) is 4.64. The quantitative estimate of drug-likeness (QED) is 0.640. The van der Waals surface area contributed by atoms with Gasteiger partial charge in [0.05, 0.1) is 16.8 Å². The summed E-state index contributed by atoms with van der Waals surface area (Å²) in [7, 11) is 1.57. The van der Waals surface area contributed by atoms with Gasteiger partial charge in [0, 0.05) is 17.0 Å². The molecule has 0 bridgehead atoms. The second-order valence-corrected chi connectivity index (χ2v) is 6.66. The van der Waals surface area contributed by atoms with Crippen molar-refractivity contribution in [1.29, 1.82) is 0 Å². The number of carboxylic acids is 1. The van der Waals surface area contributed by atoms with E-state index in [1.165, 1.54) is 6.07 Å². The first-order valence-corrected chi connectivity index (χ1v) is 8.68. The third kappa shape index (κ3) is 3.36. The van der Waals surface area contributed by atoms with Crippen LogP contribution in [0.15, 0.2) is 53.0 Å². The van der Waals surface area contributed by atoms with Crippen LogP contribution >= 0.6 is 15.9 Å². The van der Waals surface area contributed by atoms with Crippen molar-refractivity contribution < 1.29 is 19.4 Å². The zero-order valence-corrected chi connectivity index (χ0v) is 15.8. The van der Waals surface area contributed by atoms with Crippen molar-refractivity contribution in [2.45, 2.75) is 13.2 Å². The number of carbonyl (C=O) groups is 2. The van der Waals surface area contributed by atoms with Crippen molar-refractivity contribution in [3.8, 4) is 0 Å². The molecule has 3 rings (SSSR count). The topological polar surface area (TPSA) is 80.6 Å². The summed E-state index contributed by atoms with van der Waals surface area (Å²) in [4.78, 5) is 24.3. The Morgan fingerprint density at radius 2 is 1.92 bits per heavy atom. The lowest BCUT2D eigenvalue weighted by Gasteiger charge is -2.17. The minimum Gasteiger partial charge on any atom is -0.478 e. The minimum atomic E-state index is -1.12. The molecule has 26 heavy (non-hydrogen) atoms. The van der Waals surface area contributed by atoms with Crippen LogP contribution in [0.5, 0.6) is 0 Å². The van der Waals surface area contributed by atoms with Gasteiger partial charge < -0.3 is 19.7 Å². The highest BCUT2D eigenvalue weighted by atomic mass is 79.9. The molecule has 0 saturated heterocycles. The van der Waals surface area contributed by atoms with E-state index >= 15 is 0 Å². The van der Waals surface area contributed by atoms with Crippen LogP contribution in [0.25, 0.3) is 10.9 Å². The van der Waals surface area contributed by atoms with Crippen LogP contribution in [0.2, 0.25) is 0 Å². The van der Waals surface area contributed by atoms with Crippen LogP contribution < -0.4 is 5.32 Å². The van der Waals surface area contributed by atoms with E-state index in [1.54, 1.807) is 29.9 Å². The lowest BCUT2D eigenvalue weighted by Crippen LogP contribution is -2.21. The van der Waals surface area contributed by atoms with Crippen molar-refractivity contribution in [3.05, 3.63) is 64.3 Å². The van der Waals surface area contributed by atoms with E-state index in [0.717, 1.165) is 10.9 Å². The summed E-state index contributed by atoms with van der Waals surface area (Å²) in [5.41, 5.74) is 1.49. The molecule has 6 nitrogen and oxygen atoms in total. The number of carbonyl (C=O) groups excluding carboxylic acids is 1. The smallest absolute Gasteiger partial charge is 0.337 e. The average molecular weight is 417 g/mol. The number of anilines is 1. The Hall–Kier alpha value is -2.64. The number of hydrogen-bond acceptors (Lipinski definition) is 3. The SMILES string of the molecule is COC(C)n1c(C(=O)Nc2ccc(Br)cc2C(=O)O)cc2ccccc21. The van der Waals surface area contributed by atoms with Gasteiger partial charge in [0.1, 0.15) is 11.9 Å². The van der Waals surface area contributed by atoms with Gasteiger partial charge in [0.2, 0.25) is 0 Å². The summed E-state index contributed by atoms with van der Waals surface area (Å²) < 4.78 is 7.81. The van der Waals surface area contributed by atoms with Crippen LogP contribution in [0.4, 0.5) is 5.69 Å². The highest BCUT2D eigenvalue weighted by Crippen LogP contribution is 2.27. The number of amides is 1. The number of hydrogen-bond donors (Lipinski definition) is 2. The van der Waals surface area contributed by atoms with E-state index in [0.29, 0.717) is 10.2 Å². The van der Waals surface area contributed by atoms with Gasteiger partial charge in [0.15, 0.2) is 0 Å². The molecule has 0 radical (unpaired) electrons. The molecule has 1 aromatic heterocycles. The van der Waals surface area contributed by atoms with Crippen molar-refractivity contribution in [2.75, 3.05) is 12.4 Å². The fraction of sp³-hybridized carbons (Fsp3) is 0.158. The molecule has 2 aromatic carbocycles. The normalized spacial score (nSPS) is 12.1. The number of methoxy groups -OCH3 is 1. The Kier molecular flexibility index (Phi) is 5.11. The predicted molar refractivity (Wildman–Crippen MR) is 103 cm³/mol. The molecular formula is C19H17BrN2O4. The summed E-state index contributed by atoms with van der Waals surface area (Å²) in [6, 6.07) is 14.0. The zero-order chi connectivity index (χ0) is 18.8. The highest BCUT2D eigenvalue weighted by Gasteiger charge is 2.21. The number of aromatic carboxylic acids is 1. The van der Waals surface area contributed by atoms with Crippen molar-refractivity contribution in [2.24, 2.45) is 0 Å². The summed E-state index contributed by atoms with van der Waals surface area (Å²) in [6.45, 7) is 1.84. The van der Waals surface area contributed by atoms with Gasteiger partial charge in [-0.25, -0.2) is 4.79 Å². The highest BCUT2D eigenvalue weighted by molar-refractivity contribution is 9.10. The maximum atomic E-state index is 12.9. The van der Waals surface area contributed by atoms with Crippen LogP contribution in [0.3, 0.4) is 0 Å². The number of rotatable bonds is 5.